The number of thiophene rings is 1. The minimum Gasteiger partial charge on any atom is -0.393 e. The summed E-state index contributed by atoms with van der Waals surface area (Å²) >= 11 is 1.66. The summed E-state index contributed by atoms with van der Waals surface area (Å²) in [5, 5.41) is 16.9. The second-order valence-corrected chi connectivity index (χ2v) is 7.59. The van der Waals surface area contributed by atoms with Crippen molar-refractivity contribution in [3.05, 3.63) is 52.5 Å². The highest BCUT2D eigenvalue weighted by Gasteiger charge is 2.38. The molecule has 2 aromatic heterocycles. The highest BCUT2D eigenvalue weighted by atomic mass is 32.1. The first kappa shape index (κ1) is 16.7. The highest BCUT2D eigenvalue weighted by Crippen LogP contribution is 2.37. The Hall–Kier alpha value is -1.80. The van der Waals surface area contributed by atoms with Crippen LogP contribution < -0.4 is 16.2 Å². The molecule has 2 fully saturated rings. The minimum atomic E-state index is -0.277. The molecule has 1 saturated heterocycles. The topological polar surface area (TPSA) is 86.3 Å². The van der Waals surface area contributed by atoms with Crippen LogP contribution in [0.4, 0.5) is 0 Å². The van der Waals surface area contributed by atoms with Gasteiger partial charge in [0.2, 0.25) is 5.91 Å². The van der Waals surface area contributed by atoms with E-state index in [1.807, 2.05) is 23.6 Å². The van der Waals surface area contributed by atoms with Gasteiger partial charge in [0, 0.05) is 12.2 Å². The number of amides is 1. The zero-order valence-corrected chi connectivity index (χ0v) is 14.6. The zero-order chi connectivity index (χ0) is 17.2. The Morgan fingerprint density at radius 3 is 2.84 bits per heavy atom. The smallest absolute Gasteiger partial charge is 0.239 e. The summed E-state index contributed by atoms with van der Waals surface area (Å²) in [4.78, 5) is 17.2. The Balaban J connectivity index is 1.42. The molecule has 1 aliphatic carbocycles. The van der Waals surface area contributed by atoms with Crippen LogP contribution >= 0.6 is 11.3 Å². The Morgan fingerprint density at radius 1 is 1.28 bits per heavy atom. The van der Waals surface area contributed by atoms with Crippen molar-refractivity contribution in [1.82, 2.24) is 21.2 Å². The summed E-state index contributed by atoms with van der Waals surface area (Å²) in [6.45, 7) is 0. The number of carbonyl (C=O) groups is 1. The molecule has 4 rings (SSSR count). The van der Waals surface area contributed by atoms with E-state index in [1.54, 1.807) is 17.5 Å². The maximum Gasteiger partial charge on any atom is 0.239 e. The predicted molar refractivity (Wildman–Crippen MR) is 95.6 cm³/mol. The molecule has 3 heterocycles. The van der Waals surface area contributed by atoms with E-state index < -0.39 is 0 Å². The lowest BCUT2D eigenvalue weighted by atomic mass is 9.76. The number of nitrogens with one attached hydrogen (secondary N) is 3. The first-order valence-corrected chi connectivity index (χ1v) is 9.57. The summed E-state index contributed by atoms with van der Waals surface area (Å²) in [6, 6.07) is 7.53. The molecule has 4 N–H and O–H groups in total. The van der Waals surface area contributed by atoms with Crippen molar-refractivity contribution >= 4 is 17.2 Å². The summed E-state index contributed by atoms with van der Waals surface area (Å²) in [5.74, 6) is 0.207. The third kappa shape index (κ3) is 3.59. The predicted octanol–water partition coefficient (Wildman–Crippen LogP) is 1.68. The van der Waals surface area contributed by atoms with Crippen LogP contribution in [0.1, 0.15) is 42.6 Å². The van der Waals surface area contributed by atoms with Gasteiger partial charge in [0.15, 0.2) is 0 Å². The Morgan fingerprint density at radius 2 is 2.16 bits per heavy atom. The molecule has 2 aliphatic rings. The van der Waals surface area contributed by atoms with Crippen LogP contribution in [0.5, 0.6) is 0 Å². The molecule has 1 saturated carbocycles. The van der Waals surface area contributed by atoms with E-state index in [0.29, 0.717) is 19.3 Å². The van der Waals surface area contributed by atoms with E-state index in [0.717, 1.165) is 5.69 Å². The van der Waals surface area contributed by atoms with Crippen molar-refractivity contribution in [1.29, 1.82) is 0 Å². The summed E-state index contributed by atoms with van der Waals surface area (Å²) in [5.41, 5.74) is 8.38. The number of nitrogens with zero attached hydrogens (tertiary/aromatic N) is 1. The fraction of sp³-hybridized carbons (Fsp3) is 0.444. The first-order valence-electron chi connectivity index (χ1n) is 8.63. The fourth-order valence-corrected chi connectivity index (χ4v) is 4.28. The van der Waals surface area contributed by atoms with Gasteiger partial charge in [-0.1, -0.05) is 6.07 Å². The van der Waals surface area contributed by atoms with Crippen molar-refractivity contribution < 1.29 is 9.90 Å². The van der Waals surface area contributed by atoms with Gasteiger partial charge in [-0.2, -0.15) is 11.3 Å². The summed E-state index contributed by atoms with van der Waals surface area (Å²) in [7, 11) is 0. The van der Waals surface area contributed by atoms with Gasteiger partial charge in [0.1, 0.15) is 6.04 Å². The molecule has 7 heteroatoms. The van der Waals surface area contributed by atoms with Gasteiger partial charge in [-0.05, 0) is 59.7 Å². The third-order valence-electron chi connectivity index (χ3n) is 5.09. The second kappa shape index (κ2) is 7.21. The Labute approximate surface area is 150 Å². The molecular formula is C18H22N4O2S. The van der Waals surface area contributed by atoms with E-state index in [4.69, 9.17) is 0 Å². The molecular weight excluding hydrogens is 336 g/mol. The van der Waals surface area contributed by atoms with Gasteiger partial charge in [-0.15, -0.1) is 0 Å². The van der Waals surface area contributed by atoms with Gasteiger partial charge in [0.25, 0.3) is 0 Å². The summed E-state index contributed by atoms with van der Waals surface area (Å²) in [6.07, 6.45) is 3.60. The largest absolute Gasteiger partial charge is 0.393 e. The van der Waals surface area contributed by atoms with Gasteiger partial charge in [-0.25, -0.2) is 10.9 Å². The molecule has 2 aromatic rings. The van der Waals surface area contributed by atoms with E-state index in [-0.39, 0.29) is 36.1 Å². The van der Waals surface area contributed by atoms with E-state index >= 15 is 0 Å². The van der Waals surface area contributed by atoms with E-state index in [1.165, 1.54) is 5.56 Å². The number of aliphatic hydroxyl groups excluding tert-OH is 1. The quantitative estimate of drug-likeness (QED) is 0.653. The third-order valence-corrected chi connectivity index (χ3v) is 5.79. The molecule has 1 amide bonds. The maximum absolute atomic E-state index is 12.8. The lowest BCUT2D eigenvalue weighted by Gasteiger charge is -2.38. The molecule has 0 bridgehead atoms. The van der Waals surface area contributed by atoms with Crippen LogP contribution in [0.25, 0.3) is 0 Å². The Bertz CT molecular complexity index is 703. The molecule has 132 valence electrons. The minimum absolute atomic E-state index is 0.0257. The van der Waals surface area contributed by atoms with Crippen LogP contribution in [0.15, 0.2) is 41.2 Å². The lowest BCUT2D eigenvalue weighted by Crippen LogP contribution is -2.48. The van der Waals surface area contributed by atoms with Gasteiger partial charge < -0.3 is 10.4 Å². The molecule has 0 radical (unpaired) electrons. The Kier molecular flexibility index (Phi) is 4.80. The van der Waals surface area contributed by atoms with Crippen LogP contribution in [0, 0.1) is 5.92 Å². The van der Waals surface area contributed by atoms with Crippen molar-refractivity contribution in [3.8, 4) is 0 Å². The SMILES string of the molecule is O=C(NC(c1ccccn1)C1CC(O)C1)C1CC(c2ccsc2)NN1. The molecule has 1 aliphatic heterocycles. The standard InChI is InChI=1S/C18H22N4O2S/c23-13-7-12(8-13)17(14-3-1-2-5-19-14)20-18(24)16-9-15(21-22-16)11-4-6-25-10-11/h1-6,10,12-13,15-17,21-23H,7-9H2,(H,20,24). The number of aliphatic hydroxyl groups is 1. The molecule has 0 aromatic carbocycles. The van der Waals surface area contributed by atoms with E-state index in [2.05, 4.69) is 32.6 Å². The van der Waals surface area contributed by atoms with Crippen molar-refractivity contribution in [2.75, 3.05) is 0 Å². The van der Waals surface area contributed by atoms with Crippen LogP contribution in [0.2, 0.25) is 0 Å². The lowest BCUT2D eigenvalue weighted by molar-refractivity contribution is -0.124. The molecule has 6 nitrogen and oxygen atoms in total. The van der Waals surface area contributed by atoms with Crippen LogP contribution in [-0.2, 0) is 4.79 Å². The average molecular weight is 358 g/mol. The van der Waals surface area contributed by atoms with Crippen LogP contribution in [-0.4, -0.2) is 28.1 Å². The average Bonchev–Trinajstić information content (AvgIpc) is 3.28. The number of pyridine rings is 1. The number of aromatic nitrogens is 1. The molecule has 3 atom stereocenters. The number of rotatable bonds is 5. The number of hydrogen-bond donors (Lipinski definition) is 4. The molecule has 0 spiro atoms. The van der Waals surface area contributed by atoms with Gasteiger partial charge in [-0.3, -0.25) is 9.78 Å². The monoisotopic (exact) mass is 358 g/mol. The van der Waals surface area contributed by atoms with Crippen LogP contribution in [0.3, 0.4) is 0 Å². The number of hydrogen-bond acceptors (Lipinski definition) is 6. The number of hydrazine groups is 1. The highest BCUT2D eigenvalue weighted by molar-refractivity contribution is 7.07. The zero-order valence-electron chi connectivity index (χ0n) is 13.8. The normalized spacial score (nSPS) is 29.8. The number of carbonyl (C=O) groups excluding carboxylic acids is 1. The molecule has 25 heavy (non-hydrogen) atoms. The first-order chi connectivity index (χ1) is 12.2. The maximum atomic E-state index is 12.8. The van der Waals surface area contributed by atoms with E-state index in [9.17, 15) is 9.90 Å². The summed E-state index contributed by atoms with van der Waals surface area (Å²) < 4.78 is 0. The van der Waals surface area contributed by atoms with Gasteiger partial charge >= 0.3 is 0 Å². The van der Waals surface area contributed by atoms with Crippen molar-refractivity contribution in [3.63, 3.8) is 0 Å². The fourth-order valence-electron chi connectivity index (χ4n) is 3.57. The van der Waals surface area contributed by atoms with Crippen molar-refractivity contribution in [2.24, 2.45) is 5.92 Å². The molecule has 3 unspecified atom stereocenters. The second-order valence-electron chi connectivity index (χ2n) is 6.81. The van der Waals surface area contributed by atoms with Gasteiger partial charge in [0.05, 0.1) is 17.8 Å². The van der Waals surface area contributed by atoms with Crippen molar-refractivity contribution in [2.45, 2.75) is 43.5 Å².